The summed E-state index contributed by atoms with van der Waals surface area (Å²) >= 11 is 0. The molecule has 2 aromatic heterocycles. The molecule has 2 aliphatic rings. The molecule has 4 heterocycles. The van der Waals surface area contributed by atoms with Crippen molar-refractivity contribution < 1.29 is 18.6 Å². The van der Waals surface area contributed by atoms with Crippen molar-refractivity contribution >= 4 is 5.82 Å². The minimum atomic E-state index is -1.06. The molecule has 0 unspecified atom stereocenters. The van der Waals surface area contributed by atoms with E-state index in [1.807, 2.05) is 18.9 Å². The van der Waals surface area contributed by atoms with Gasteiger partial charge < -0.3 is 20.1 Å². The molecule has 2 aliphatic heterocycles. The summed E-state index contributed by atoms with van der Waals surface area (Å²) in [6, 6.07) is 3.70. The third-order valence-electron chi connectivity index (χ3n) is 7.40. The van der Waals surface area contributed by atoms with Gasteiger partial charge in [-0.05, 0) is 45.2 Å². The van der Waals surface area contributed by atoms with Gasteiger partial charge in [0.15, 0.2) is 0 Å². The Labute approximate surface area is 202 Å². The molecule has 0 aliphatic carbocycles. The average Bonchev–Trinajstić information content (AvgIpc) is 3.14. The zero-order valence-corrected chi connectivity index (χ0v) is 20.1. The quantitative estimate of drug-likeness (QED) is 0.565. The second kappa shape index (κ2) is 8.37. The van der Waals surface area contributed by atoms with Crippen molar-refractivity contribution in [3.8, 4) is 34.0 Å². The topological polar surface area (TPSA) is 96.3 Å². The van der Waals surface area contributed by atoms with Crippen LogP contribution in [0.4, 0.5) is 14.6 Å². The van der Waals surface area contributed by atoms with Crippen LogP contribution < -0.4 is 15.0 Å². The molecule has 3 aromatic rings. The Balaban J connectivity index is 1.40. The summed E-state index contributed by atoms with van der Waals surface area (Å²) in [7, 11) is 3.26. The Morgan fingerprint density at radius 1 is 1.11 bits per heavy atom. The molecule has 10 heteroatoms. The van der Waals surface area contributed by atoms with Crippen molar-refractivity contribution in [1.82, 2.24) is 25.5 Å². The minimum absolute atomic E-state index is 0.108. The Kier molecular flexibility index (Phi) is 5.58. The maximum Gasteiger partial charge on any atom is 0.233 e. The van der Waals surface area contributed by atoms with Crippen molar-refractivity contribution in [3.63, 3.8) is 0 Å². The van der Waals surface area contributed by atoms with E-state index in [1.54, 1.807) is 0 Å². The fraction of sp³-hybridized carbons (Fsp3) is 0.440. The summed E-state index contributed by atoms with van der Waals surface area (Å²) in [6.07, 6.45) is 5.70. The predicted molar refractivity (Wildman–Crippen MR) is 128 cm³/mol. The van der Waals surface area contributed by atoms with Crippen LogP contribution in [0.5, 0.6) is 11.6 Å². The number of anilines is 1. The summed E-state index contributed by atoms with van der Waals surface area (Å²) < 4.78 is 35.5. The van der Waals surface area contributed by atoms with Gasteiger partial charge in [-0.1, -0.05) is 0 Å². The maximum atomic E-state index is 15.5. The van der Waals surface area contributed by atoms with Crippen LogP contribution in [-0.4, -0.2) is 62.7 Å². The number of phenolic OH excluding ortho intramolecular Hbond substituents is 1. The van der Waals surface area contributed by atoms with Gasteiger partial charge in [0.25, 0.3) is 0 Å². The molecular weight excluding hydrogens is 454 g/mol. The third-order valence-corrected chi connectivity index (χ3v) is 7.40. The maximum absolute atomic E-state index is 15.5. The summed E-state index contributed by atoms with van der Waals surface area (Å²) in [5, 5.41) is 21.7. The highest BCUT2D eigenvalue weighted by atomic mass is 19.1. The number of hydrogen-bond acceptors (Lipinski definition) is 8. The molecule has 8 nitrogen and oxygen atoms in total. The summed E-state index contributed by atoms with van der Waals surface area (Å²) in [6.45, 7) is 4.08. The SMILES string of the molecule is COc1cc(-c2cc(O)c(-c3cnc(N(C)[C@H]4C[C@]5(C)CC[C@@](C)(N5)[C@H]4F)cn3)cc2F)cnn1. The monoisotopic (exact) mass is 482 g/mol. The molecule has 2 saturated heterocycles. The van der Waals surface area contributed by atoms with Gasteiger partial charge in [0, 0.05) is 40.9 Å². The molecule has 0 spiro atoms. The first-order valence-corrected chi connectivity index (χ1v) is 11.5. The average molecular weight is 483 g/mol. The first kappa shape index (κ1) is 23.3. The number of phenols is 1. The molecule has 5 rings (SSSR count). The van der Waals surface area contributed by atoms with Crippen LogP contribution in [0, 0.1) is 5.82 Å². The number of nitrogens with zero attached hydrogens (tertiary/aromatic N) is 5. The number of aromatic hydroxyl groups is 1. The van der Waals surface area contributed by atoms with E-state index in [-0.39, 0.29) is 34.3 Å². The lowest BCUT2D eigenvalue weighted by Gasteiger charge is -2.47. The highest BCUT2D eigenvalue weighted by Gasteiger charge is 2.56. The second-order valence-electron chi connectivity index (χ2n) is 9.98. The number of alkyl halides is 1. The van der Waals surface area contributed by atoms with Gasteiger partial charge in [0.1, 0.15) is 23.6 Å². The number of ether oxygens (including phenoxy) is 1. The summed E-state index contributed by atoms with van der Waals surface area (Å²) in [5.74, 6) is 0.0210. The minimum Gasteiger partial charge on any atom is -0.507 e. The predicted octanol–water partition coefficient (Wildman–Crippen LogP) is 3.90. The van der Waals surface area contributed by atoms with Gasteiger partial charge >= 0.3 is 0 Å². The number of benzene rings is 1. The van der Waals surface area contributed by atoms with Crippen LogP contribution in [0.1, 0.15) is 33.1 Å². The number of aromatic nitrogens is 4. The van der Waals surface area contributed by atoms with E-state index in [2.05, 4.69) is 32.4 Å². The Bertz CT molecular complexity index is 1260. The Morgan fingerprint density at radius 2 is 1.91 bits per heavy atom. The van der Waals surface area contributed by atoms with E-state index in [4.69, 9.17) is 4.74 Å². The lowest BCUT2D eigenvalue weighted by molar-refractivity contribution is 0.0859. The standard InChI is InChI=1S/C25H28F2N6O2/c1-24-5-6-25(2,32-24)23(27)19(10-24)33(3)21-13-28-18(12-29-21)16-8-17(26)15(9-20(16)34)14-7-22(35-4)31-30-11-14/h7-9,11-13,19,23,32,34H,5-6,10H2,1-4H3/t19-,23-,24-,25+/m0/s1. The normalized spacial score (nSPS) is 27.6. The zero-order valence-electron chi connectivity index (χ0n) is 20.1. The zero-order chi connectivity index (χ0) is 25.0. The number of fused-ring (bicyclic) bond motifs is 2. The van der Waals surface area contributed by atoms with E-state index in [0.717, 1.165) is 12.8 Å². The molecule has 2 N–H and O–H groups in total. The lowest BCUT2D eigenvalue weighted by atomic mass is 9.82. The van der Waals surface area contributed by atoms with Crippen molar-refractivity contribution in [2.75, 3.05) is 19.1 Å². The van der Waals surface area contributed by atoms with Crippen molar-refractivity contribution in [2.45, 2.75) is 56.4 Å². The van der Waals surface area contributed by atoms with E-state index in [1.165, 1.54) is 43.9 Å². The van der Waals surface area contributed by atoms with E-state index in [9.17, 15) is 9.50 Å². The van der Waals surface area contributed by atoms with Gasteiger partial charge in [0.2, 0.25) is 5.88 Å². The van der Waals surface area contributed by atoms with Crippen LogP contribution in [0.2, 0.25) is 0 Å². The first-order valence-electron chi connectivity index (χ1n) is 11.5. The van der Waals surface area contributed by atoms with Crippen molar-refractivity contribution in [2.24, 2.45) is 0 Å². The fourth-order valence-electron chi connectivity index (χ4n) is 5.43. The molecule has 0 saturated carbocycles. The van der Waals surface area contributed by atoms with Crippen LogP contribution in [0.25, 0.3) is 22.4 Å². The van der Waals surface area contributed by atoms with E-state index >= 15 is 4.39 Å². The second-order valence-corrected chi connectivity index (χ2v) is 9.98. The van der Waals surface area contributed by atoms with Crippen LogP contribution >= 0.6 is 0 Å². The molecule has 184 valence electrons. The molecule has 1 aromatic carbocycles. The van der Waals surface area contributed by atoms with Gasteiger partial charge in [-0.15, -0.1) is 5.10 Å². The van der Waals surface area contributed by atoms with Gasteiger partial charge in [-0.25, -0.2) is 13.8 Å². The number of methoxy groups -OCH3 is 1. The molecule has 0 radical (unpaired) electrons. The number of hydrogen-bond donors (Lipinski definition) is 2. The number of rotatable bonds is 5. The third kappa shape index (κ3) is 4.05. The van der Waals surface area contributed by atoms with Crippen LogP contribution in [0.15, 0.2) is 36.8 Å². The molecule has 2 bridgehead atoms. The van der Waals surface area contributed by atoms with Crippen molar-refractivity contribution in [3.05, 3.63) is 42.6 Å². The highest BCUT2D eigenvalue weighted by Crippen LogP contribution is 2.45. The molecule has 35 heavy (non-hydrogen) atoms. The van der Waals surface area contributed by atoms with Gasteiger partial charge in [-0.3, -0.25) is 4.98 Å². The van der Waals surface area contributed by atoms with Gasteiger partial charge in [-0.2, -0.15) is 5.10 Å². The Morgan fingerprint density at radius 3 is 2.63 bits per heavy atom. The first-order chi connectivity index (χ1) is 16.6. The summed E-state index contributed by atoms with van der Waals surface area (Å²) in [4.78, 5) is 10.7. The fourth-order valence-corrected chi connectivity index (χ4v) is 5.43. The van der Waals surface area contributed by atoms with Gasteiger partial charge in [0.05, 0.1) is 37.4 Å². The van der Waals surface area contributed by atoms with Crippen LogP contribution in [-0.2, 0) is 0 Å². The molecular formula is C25H28F2N6O2. The molecule has 4 atom stereocenters. The number of nitrogens with one attached hydrogen (secondary N) is 1. The number of piperidine rings is 1. The van der Waals surface area contributed by atoms with Crippen LogP contribution in [0.3, 0.4) is 0 Å². The largest absolute Gasteiger partial charge is 0.507 e. The van der Waals surface area contributed by atoms with E-state index in [0.29, 0.717) is 23.5 Å². The highest BCUT2D eigenvalue weighted by molar-refractivity contribution is 5.74. The van der Waals surface area contributed by atoms with E-state index < -0.39 is 17.5 Å². The Hall–Kier alpha value is -3.40. The number of halogens is 2. The van der Waals surface area contributed by atoms with Crippen molar-refractivity contribution in [1.29, 1.82) is 0 Å². The lowest BCUT2D eigenvalue weighted by Crippen LogP contribution is -2.65. The summed E-state index contributed by atoms with van der Waals surface area (Å²) in [5.41, 5.74) is 0.405. The molecule has 0 amide bonds. The molecule has 2 fully saturated rings. The smallest absolute Gasteiger partial charge is 0.233 e.